The Balaban J connectivity index is 1.83. The number of anilines is 2. The number of fused-ring (bicyclic) bond motifs is 1. The van der Waals surface area contributed by atoms with Gasteiger partial charge in [-0.1, -0.05) is 25.5 Å². The molecular weight excluding hydrogens is 344 g/mol. The van der Waals surface area contributed by atoms with Gasteiger partial charge in [0.15, 0.2) is 6.61 Å². The number of unbranched alkanes of at least 4 members (excludes halogenated alkanes) is 1. The second-order valence-electron chi connectivity index (χ2n) is 6.25. The second kappa shape index (κ2) is 8.58. The van der Waals surface area contributed by atoms with Crippen LogP contribution in [-0.2, 0) is 4.79 Å². The molecule has 1 aliphatic rings. The lowest BCUT2D eigenvalue weighted by Crippen LogP contribution is -2.39. The molecule has 1 heterocycles. The van der Waals surface area contributed by atoms with Crippen LogP contribution in [0.2, 0.25) is 0 Å². The molecule has 142 valence electrons. The number of rotatable bonds is 7. The molecule has 0 saturated carbocycles. The Labute approximate surface area is 159 Å². The van der Waals surface area contributed by atoms with Crippen molar-refractivity contribution in [3.63, 3.8) is 0 Å². The monoisotopic (exact) mass is 368 g/mol. The highest BCUT2D eigenvalue weighted by atomic mass is 16.5. The Bertz CT molecular complexity index is 835. The molecule has 2 aromatic carbocycles. The summed E-state index contributed by atoms with van der Waals surface area (Å²) in [6.45, 7) is 5.12. The van der Waals surface area contributed by atoms with Gasteiger partial charge < -0.3 is 19.7 Å². The number of carbonyl (C=O) groups is 2. The van der Waals surface area contributed by atoms with Crippen molar-refractivity contribution in [2.75, 3.05) is 30.0 Å². The Morgan fingerprint density at radius 3 is 2.81 bits per heavy atom. The Hall–Kier alpha value is -3.02. The van der Waals surface area contributed by atoms with Crippen LogP contribution in [0.4, 0.5) is 11.4 Å². The smallest absolute Gasteiger partial charge is 0.265 e. The first kappa shape index (κ1) is 18.8. The molecule has 0 atom stereocenters. The van der Waals surface area contributed by atoms with Gasteiger partial charge in [0, 0.05) is 12.2 Å². The molecule has 27 heavy (non-hydrogen) atoms. The molecule has 0 radical (unpaired) electrons. The first-order valence-electron chi connectivity index (χ1n) is 9.24. The largest absolute Gasteiger partial charge is 0.493 e. The number of hydrogen-bond donors (Lipinski definition) is 1. The van der Waals surface area contributed by atoms with E-state index in [9.17, 15) is 9.59 Å². The molecule has 3 rings (SSSR count). The lowest BCUT2D eigenvalue weighted by Gasteiger charge is -2.29. The van der Waals surface area contributed by atoms with Crippen molar-refractivity contribution in [3.05, 3.63) is 48.0 Å². The van der Waals surface area contributed by atoms with Crippen molar-refractivity contribution < 1.29 is 19.1 Å². The maximum atomic E-state index is 12.7. The molecule has 0 bridgehead atoms. The minimum atomic E-state index is -0.262. The first-order valence-corrected chi connectivity index (χ1v) is 9.24. The van der Waals surface area contributed by atoms with E-state index in [1.807, 2.05) is 13.0 Å². The van der Waals surface area contributed by atoms with E-state index < -0.39 is 0 Å². The van der Waals surface area contributed by atoms with E-state index in [1.54, 1.807) is 41.3 Å². The Morgan fingerprint density at radius 1 is 1.22 bits per heavy atom. The van der Waals surface area contributed by atoms with Crippen LogP contribution in [0.3, 0.4) is 0 Å². The summed E-state index contributed by atoms with van der Waals surface area (Å²) < 4.78 is 11.0. The van der Waals surface area contributed by atoms with Gasteiger partial charge in [-0.25, -0.2) is 0 Å². The molecule has 1 aliphatic heterocycles. The molecular formula is C21H24N2O4. The van der Waals surface area contributed by atoms with E-state index in [2.05, 4.69) is 12.2 Å². The number of hydrogen-bond acceptors (Lipinski definition) is 4. The molecule has 0 spiro atoms. The fraction of sp³-hybridized carbons (Fsp3) is 0.333. The normalized spacial score (nSPS) is 13.0. The van der Waals surface area contributed by atoms with Gasteiger partial charge in [0.1, 0.15) is 11.5 Å². The van der Waals surface area contributed by atoms with Crippen LogP contribution in [0, 0.1) is 0 Å². The van der Waals surface area contributed by atoms with Crippen LogP contribution >= 0.6 is 0 Å². The van der Waals surface area contributed by atoms with Crippen molar-refractivity contribution in [1.29, 1.82) is 0 Å². The highest BCUT2D eigenvalue weighted by Gasteiger charge is 2.25. The fourth-order valence-corrected chi connectivity index (χ4v) is 2.98. The highest BCUT2D eigenvalue weighted by molar-refractivity contribution is 6.07. The summed E-state index contributed by atoms with van der Waals surface area (Å²) in [5.74, 6) is 0.861. The molecule has 2 aromatic rings. The molecule has 0 saturated heterocycles. The summed E-state index contributed by atoms with van der Waals surface area (Å²) in [6.07, 6.45) is 1.90. The third kappa shape index (κ3) is 4.22. The van der Waals surface area contributed by atoms with Gasteiger partial charge in [0.2, 0.25) is 0 Å². The van der Waals surface area contributed by atoms with Crippen LogP contribution in [0.25, 0.3) is 0 Å². The SMILES string of the molecule is CCCCN1C(=O)COc2ccc(NC(=O)c3ccccc3OCC)cc21. The summed E-state index contributed by atoms with van der Waals surface area (Å²) in [5.41, 5.74) is 1.76. The van der Waals surface area contributed by atoms with Gasteiger partial charge in [-0.2, -0.15) is 0 Å². The van der Waals surface area contributed by atoms with E-state index in [1.165, 1.54) is 0 Å². The lowest BCUT2D eigenvalue weighted by atomic mass is 10.1. The van der Waals surface area contributed by atoms with Crippen molar-refractivity contribution in [2.24, 2.45) is 0 Å². The number of carbonyl (C=O) groups excluding carboxylic acids is 2. The predicted octanol–water partition coefficient (Wildman–Crippen LogP) is 3.86. The summed E-state index contributed by atoms with van der Waals surface area (Å²) in [4.78, 5) is 26.7. The number of para-hydroxylation sites is 1. The van der Waals surface area contributed by atoms with E-state index in [0.29, 0.717) is 41.6 Å². The maximum Gasteiger partial charge on any atom is 0.265 e. The molecule has 6 heteroatoms. The standard InChI is InChI=1S/C21H24N2O4/c1-3-5-12-23-17-13-15(10-11-19(17)27-14-20(23)24)22-21(25)16-8-6-7-9-18(16)26-4-2/h6-11,13H,3-5,12,14H2,1-2H3,(H,22,25). The average Bonchev–Trinajstić information content (AvgIpc) is 2.68. The van der Waals surface area contributed by atoms with Gasteiger partial charge in [0.25, 0.3) is 11.8 Å². The van der Waals surface area contributed by atoms with Crippen molar-refractivity contribution >= 4 is 23.2 Å². The number of benzene rings is 2. The van der Waals surface area contributed by atoms with Crippen molar-refractivity contribution in [2.45, 2.75) is 26.7 Å². The zero-order valence-corrected chi connectivity index (χ0v) is 15.7. The van der Waals surface area contributed by atoms with E-state index in [-0.39, 0.29) is 18.4 Å². The van der Waals surface area contributed by atoms with Crippen LogP contribution in [0.1, 0.15) is 37.0 Å². The van der Waals surface area contributed by atoms with Gasteiger partial charge in [-0.15, -0.1) is 0 Å². The molecule has 2 amide bonds. The number of amides is 2. The highest BCUT2D eigenvalue weighted by Crippen LogP contribution is 2.35. The maximum absolute atomic E-state index is 12.7. The van der Waals surface area contributed by atoms with Gasteiger partial charge in [-0.3, -0.25) is 9.59 Å². The van der Waals surface area contributed by atoms with Crippen LogP contribution < -0.4 is 19.7 Å². The zero-order valence-electron chi connectivity index (χ0n) is 15.7. The number of ether oxygens (including phenoxy) is 2. The van der Waals surface area contributed by atoms with Crippen LogP contribution in [0.5, 0.6) is 11.5 Å². The van der Waals surface area contributed by atoms with Crippen LogP contribution in [-0.4, -0.2) is 31.6 Å². The quantitative estimate of drug-likeness (QED) is 0.806. The van der Waals surface area contributed by atoms with E-state index in [0.717, 1.165) is 12.8 Å². The zero-order chi connectivity index (χ0) is 19.2. The molecule has 0 unspecified atom stereocenters. The summed E-state index contributed by atoms with van der Waals surface area (Å²) in [7, 11) is 0. The fourth-order valence-electron chi connectivity index (χ4n) is 2.98. The van der Waals surface area contributed by atoms with Gasteiger partial charge >= 0.3 is 0 Å². The summed E-state index contributed by atoms with van der Waals surface area (Å²) in [6, 6.07) is 12.4. The second-order valence-corrected chi connectivity index (χ2v) is 6.25. The minimum absolute atomic E-state index is 0.0458. The molecule has 0 aliphatic carbocycles. The van der Waals surface area contributed by atoms with E-state index >= 15 is 0 Å². The Kier molecular flexibility index (Phi) is 5.96. The third-order valence-corrected chi connectivity index (χ3v) is 4.33. The molecule has 0 aromatic heterocycles. The third-order valence-electron chi connectivity index (χ3n) is 4.33. The average molecular weight is 368 g/mol. The summed E-state index contributed by atoms with van der Waals surface area (Å²) >= 11 is 0. The number of nitrogens with one attached hydrogen (secondary N) is 1. The van der Waals surface area contributed by atoms with Crippen molar-refractivity contribution in [3.8, 4) is 11.5 Å². The predicted molar refractivity (Wildman–Crippen MR) is 105 cm³/mol. The Morgan fingerprint density at radius 2 is 2.04 bits per heavy atom. The summed E-state index contributed by atoms with van der Waals surface area (Å²) in [5, 5.41) is 2.89. The van der Waals surface area contributed by atoms with Crippen molar-refractivity contribution in [1.82, 2.24) is 0 Å². The molecule has 0 fully saturated rings. The topological polar surface area (TPSA) is 67.9 Å². The van der Waals surface area contributed by atoms with Crippen LogP contribution in [0.15, 0.2) is 42.5 Å². The molecule has 6 nitrogen and oxygen atoms in total. The van der Waals surface area contributed by atoms with Gasteiger partial charge in [0.05, 0.1) is 17.9 Å². The molecule has 1 N–H and O–H groups in total. The lowest BCUT2D eigenvalue weighted by molar-refractivity contribution is -0.121. The minimum Gasteiger partial charge on any atom is -0.493 e. The first-order chi connectivity index (χ1) is 13.1. The van der Waals surface area contributed by atoms with E-state index in [4.69, 9.17) is 9.47 Å². The number of nitrogens with zero attached hydrogens (tertiary/aromatic N) is 1. The van der Waals surface area contributed by atoms with Gasteiger partial charge in [-0.05, 0) is 43.7 Å².